The third-order valence-electron chi connectivity index (χ3n) is 1.76. The lowest BCUT2D eigenvalue weighted by molar-refractivity contribution is 0.584. The van der Waals surface area contributed by atoms with Crippen LogP contribution in [0.3, 0.4) is 0 Å². The first kappa shape index (κ1) is 10.8. The molecule has 72 valence electrons. The van der Waals surface area contributed by atoms with Crippen LogP contribution in [0, 0.1) is 0 Å². The summed E-state index contributed by atoms with van der Waals surface area (Å²) in [5, 5.41) is 4.41. The molecule has 0 aromatic carbocycles. The third-order valence-corrected chi connectivity index (χ3v) is 2.27. The van der Waals surface area contributed by atoms with Crippen LogP contribution in [0.2, 0.25) is 10.0 Å². The van der Waals surface area contributed by atoms with Gasteiger partial charge in [0, 0.05) is 12.2 Å². The Hall–Kier alpha value is -0.310. The molecule has 1 N–H and O–H groups in total. The lowest BCUT2D eigenvalue weighted by atomic mass is 10.2. The largest absolute Gasteiger partial charge is 0.309 e. The standard InChI is InChI=1S/C9H12Cl2N2/c1-3-12-6(2)9-8(11)4-7(10)5-13-9/h4-6,12H,3H2,1-2H3. The zero-order chi connectivity index (χ0) is 9.84. The van der Waals surface area contributed by atoms with Crippen LogP contribution in [0.25, 0.3) is 0 Å². The van der Waals surface area contributed by atoms with Gasteiger partial charge >= 0.3 is 0 Å². The number of pyridine rings is 1. The van der Waals surface area contributed by atoms with E-state index in [0.717, 1.165) is 12.2 Å². The van der Waals surface area contributed by atoms with Crippen molar-refractivity contribution in [3.8, 4) is 0 Å². The van der Waals surface area contributed by atoms with Gasteiger partial charge in [0.15, 0.2) is 0 Å². The SMILES string of the molecule is CCNC(C)c1ncc(Cl)cc1Cl. The summed E-state index contributed by atoms with van der Waals surface area (Å²) < 4.78 is 0. The molecule has 0 amide bonds. The van der Waals surface area contributed by atoms with Gasteiger partial charge in [-0.2, -0.15) is 0 Å². The van der Waals surface area contributed by atoms with Crippen LogP contribution in [0.5, 0.6) is 0 Å². The normalized spacial score (nSPS) is 12.9. The van der Waals surface area contributed by atoms with E-state index in [1.807, 2.05) is 13.8 Å². The number of nitrogens with one attached hydrogen (secondary N) is 1. The molecule has 13 heavy (non-hydrogen) atoms. The van der Waals surface area contributed by atoms with E-state index in [4.69, 9.17) is 23.2 Å². The van der Waals surface area contributed by atoms with Crippen molar-refractivity contribution in [1.29, 1.82) is 0 Å². The molecule has 0 bridgehead atoms. The quantitative estimate of drug-likeness (QED) is 0.844. The highest BCUT2D eigenvalue weighted by Gasteiger charge is 2.09. The Bertz CT molecular complexity index is 289. The maximum Gasteiger partial charge on any atom is 0.0757 e. The van der Waals surface area contributed by atoms with Crippen molar-refractivity contribution in [2.75, 3.05) is 6.54 Å². The Labute approximate surface area is 88.3 Å². The molecular weight excluding hydrogens is 207 g/mol. The minimum atomic E-state index is 0.162. The molecule has 0 saturated carbocycles. The van der Waals surface area contributed by atoms with Gasteiger partial charge in [0.05, 0.1) is 15.7 Å². The molecule has 1 atom stereocenters. The van der Waals surface area contributed by atoms with Crippen LogP contribution in [-0.2, 0) is 0 Å². The molecule has 1 heterocycles. The Balaban J connectivity index is 2.88. The van der Waals surface area contributed by atoms with E-state index in [2.05, 4.69) is 10.3 Å². The first-order valence-corrected chi connectivity index (χ1v) is 4.95. The molecule has 0 aliphatic carbocycles. The fourth-order valence-corrected chi connectivity index (χ4v) is 1.69. The average molecular weight is 219 g/mol. The molecule has 0 saturated heterocycles. The van der Waals surface area contributed by atoms with Gasteiger partial charge in [0.1, 0.15) is 0 Å². The van der Waals surface area contributed by atoms with Gasteiger partial charge in [0.25, 0.3) is 0 Å². The van der Waals surface area contributed by atoms with E-state index in [1.54, 1.807) is 12.3 Å². The predicted molar refractivity (Wildman–Crippen MR) is 56.3 cm³/mol. The van der Waals surface area contributed by atoms with Crippen molar-refractivity contribution in [3.05, 3.63) is 28.0 Å². The zero-order valence-corrected chi connectivity index (χ0v) is 9.15. The highest BCUT2D eigenvalue weighted by atomic mass is 35.5. The molecule has 1 aromatic rings. The highest BCUT2D eigenvalue weighted by molar-refractivity contribution is 6.34. The maximum absolute atomic E-state index is 5.97. The van der Waals surface area contributed by atoms with Gasteiger partial charge < -0.3 is 5.32 Å². The Morgan fingerprint density at radius 3 is 2.77 bits per heavy atom. The lowest BCUT2D eigenvalue weighted by Gasteiger charge is -2.12. The molecule has 0 radical (unpaired) electrons. The van der Waals surface area contributed by atoms with E-state index in [9.17, 15) is 0 Å². The number of halogens is 2. The summed E-state index contributed by atoms with van der Waals surface area (Å²) in [5.74, 6) is 0. The highest BCUT2D eigenvalue weighted by Crippen LogP contribution is 2.23. The average Bonchev–Trinajstić information content (AvgIpc) is 2.04. The van der Waals surface area contributed by atoms with Crippen LogP contribution in [0.15, 0.2) is 12.3 Å². The maximum atomic E-state index is 5.97. The Morgan fingerprint density at radius 2 is 2.23 bits per heavy atom. The summed E-state index contributed by atoms with van der Waals surface area (Å²) in [7, 11) is 0. The van der Waals surface area contributed by atoms with Crippen LogP contribution in [0.4, 0.5) is 0 Å². The second-order valence-corrected chi connectivity index (χ2v) is 3.64. The van der Waals surface area contributed by atoms with E-state index in [0.29, 0.717) is 10.0 Å². The zero-order valence-electron chi connectivity index (χ0n) is 7.64. The predicted octanol–water partition coefficient (Wildman–Crippen LogP) is 3.06. The summed E-state index contributed by atoms with van der Waals surface area (Å²) in [5.41, 5.74) is 0.841. The number of aromatic nitrogens is 1. The van der Waals surface area contributed by atoms with Crippen LogP contribution in [0.1, 0.15) is 25.6 Å². The molecule has 1 rings (SSSR count). The Morgan fingerprint density at radius 1 is 1.54 bits per heavy atom. The number of nitrogens with zero attached hydrogens (tertiary/aromatic N) is 1. The van der Waals surface area contributed by atoms with Crippen molar-refractivity contribution < 1.29 is 0 Å². The summed E-state index contributed by atoms with van der Waals surface area (Å²) in [6.45, 7) is 4.95. The van der Waals surface area contributed by atoms with Crippen molar-refractivity contribution in [2.24, 2.45) is 0 Å². The van der Waals surface area contributed by atoms with E-state index < -0.39 is 0 Å². The van der Waals surface area contributed by atoms with Crippen molar-refractivity contribution in [3.63, 3.8) is 0 Å². The molecule has 0 fully saturated rings. The molecule has 1 unspecified atom stereocenters. The number of hydrogen-bond acceptors (Lipinski definition) is 2. The van der Waals surface area contributed by atoms with Gasteiger partial charge in [-0.1, -0.05) is 30.1 Å². The summed E-state index contributed by atoms with van der Waals surface area (Å²) in [6, 6.07) is 1.87. The van der Waals surface area contributed by atoms with Crippen molar-refractivity contribution >= 4 is 23.2 Å². The van der Waals surface area contributed by atoms with Gasteiger partial charge in [-0.05, 0) is 19.5 Å². The first-order valence-electron chi connectivity index (χ1n) is 4.19. The number of hydrogen-bond donors (Lipinski definition) is 1. The second kappa shape index (κ2) is 4.80. The smallest absolute Gasteiger partial charge is 0.0757 e. The second-order valence-electron chi connectivity index (χ2n) is 2.80. The van der Waals surface area contributed by atoms with Crippen molar-refractivity contribution in [2.45, 2.75) is 19.9 Å². The molecule has 4 heteroatoms. The Kier molecular flexibility index (Phi) is 3.97. The topological polar surface area (TPSA) is 24.9 Å². The molecule has 0 aliphatic heterocycles. The van der Waals surface area contributed by atoms with Gasteiger partial charge in [-0.15, -0.1) is 0 Å². The van der Waals surface area contributed by atoms with Crippen LogP contribution < -0.4 is 5.32 Å². The molecule has 0 aliphatic rings. The van der Waals surface area contributed by atoms with E-state index in [-0.39, 0.29) is 6.04 Å². The van der Waals surface area contributed by atoms with Gasteiger partial charge in [-0.25, -0.2) is 0 Å². The monoisotopic (exact) mass is 218 g/mol. The summed E-state index contributed by atoms with van der Waals surface area (Å²) >= 11 is 11.7. The van der Waals surface area contributed by atoms with E-state index >= 15 is 0 Å². The minimum Gasteiger partial charge on any atom is -0.309 e. The van der Waals surface area contributed by atoms with Crippen molar-refractivity contribution in [1.82, 2.24) is 10.3 Å². The number of rotatable bonds is 3. The molecular formula is C9H12Cl2N2. The fourth-order valence-electron chi connectivity index (χ4n) is 1.15. The lowest BCUT2D eigenvalue weighted by Crippen LogP contribution is -2.19. The third kappa shape index (κ3) is 2.83. The van der Waals surface area contributed by atoms with Crippen LogP contribution >= 0.6 is 23.2 Å². The van der Waals surface area contributed by atoms with Crippen LogP contribution in [-0.4, -0.2) is 11.5 Å². The fraction of sp³-hybridized carbons (Fsp3) is 0.444. The molecule has 1 aromatic heterocycles. The first-order chi connectivity index (χ1) is 6.15. The molecule has 2 nitrogen and oxygen atoms in total. The summed E-state index contributed by atoms with van der Waals surface area (Å²) in [4.78, 5) is 4.17. The molecule has 0 spiro atoms. The minimum absolute atomic E-state index is 0.162. The van der Waals surface area contributed by atoms with E-state index in [1.165, 1.54) is 0 Å². The summed E-state index contributed by atoms with van der Waals surface area (Å²) in [6.07, 6.45) is 1.61. The van der Waals surface area contributed by atoms with Gasteiger partial charge in [-0.3, -0.25) is 4.98 Å². The van der Waals surface area contributed by atoms with Gasteiger partial charge in [0.2, 0.25) is 0 Å².